The maximum absolute atomic E-state index is 12.0. The smallest absolute Gasteiger partial charge is 0.367 e. The Kier molecular flexibility index (Phi) is 5.53. The van der Waals surface area contributed by atoms with Crippen molar-refractivity contribution < 1.29 is 26.3 Å². The van der Waals surface area contributed by atoms with Gasteiger partial charge in [0.25, 0.3) is 0 Å². The first kappa shape index (κ1) is 16.0. The van der Waals surface area contributed by atoms with E-state index in [2.05, 4.69) is 4.65 Å². The zero-order valence-corrected chi connectivity index (χ0v) is 12.1. The summed E-state index contributed by atoms with van der Waals surface area (Å²) < 4.78 is 74.7. The standard InChI is InChI=1S/C7H15F6NSi2/c1-16(14-15,4-2-6(8,9)10)5-3-7(11,12)13/h14H,2-5H2,1,15H3. The molecule has 9 heteroatoms. The molecule has 0 bridgehead atoms. The Morgan fingerprint density at radius 2 is 1.25 bits per heavy atom. The van der Waals surface area contributed by atoms with E-state index in [1.165, 1.54) is 6.55 Å². The molecule has 0 aromatic heterocycles. The molecular formula is C7H15F6NSi2. The SMILES string of the molecule is C[Si](CCC(F)(F)F)(CCC(F)(F)F)N[SiH3]. The first-order chi connectivity index (χ1) is 6.97. The monoisotopic (exact) mass is 283 g/mol. The Bertz CT molecular complexity index is 196. The molecule has 16 heavy (non-hydrogen) atoms. The van der Waals surface area contributed by atoms with Gasteiger partial charge in [-0.25, -0.2) is 0 Å². The van der Waals surface area contributed by atoms with Gasteiger partial charge in [0.15, 0.2) is 0 Å². The van der Waals surface area contributed by atoms with E-state index >= 15 is 0 Å². The third-order valence-corrected chi connectivity index (χ3v) is 10.1. The molecule has 0 rings (SSSR count). The van der Waals surface area contributed by atoms with E-state index in [4.69, 9.17) is 0 Å². The van der Waals surface area contributed by atoms with Crippen LogP contribution in [0, 0.1) is 0 Å². The lowest BCUT2D eigenvalue weighted by Crippen LogP contribution is -2.47. The van der Waals surface area contributed by atoms with E-state index in [9.17, 15) is 26.3 Å². The van der Waals surface area contributed by atoms with Crippen molar-refractivity contribution in [3.05, 3.63) is 0 Å². The summed E-state index contributed by atoms with van der Waals surface area (Å²) in [6.07, 6.45) is -10.6. The number of nitrogens with one attached hydrogen (secondary N) is 1. The van der Waals surface area contributed by atoms with E-state index < -0.39 is 33.4 Å². The maximum atomic E-state index is 12.0. The van der Waals surface area contributed by atoms with Crippen LogP contribution in [-0.4, -0.2) is 31.0 Å². The largest absolute Gasteiger partial charge is 0.388 e. The number of alkyl halides is 6. The lowest BCUT2D eigenvalue weighted by Gasteiger charge is -2.27. The third kappa shape index (κ3) is 8.16. The average molecular weight is 283 g/mol. The van der Waals surface area contributed by atoms with E-state index in [0.717, 1.165) is 0 Å². The second-order valence-corrected chi connectivity index (χ2v) is 10.2. The summed E-state index contributed by atoms with van der Waals surface area (Å²) in [5.74, 6) is 0. The van der Waals surface area contributed by atoms with Gasteiger partial charge >= 0.3 is 12.4 Å². The van der Waals surface area contributed by atoms with Crippen LogP contribution in [0.5, 0.6) is 0 Å². The van der Waals surface area contributed by atoms with Gasteiger partial charge < -0.3 is 4.65 Å². The molecule has 0 aliphatic carbocycles. The quantitative estimate of drug-likeness (QED) is 0.603. The summed E-state index contributed by atoms with van der Waals surface area (Å²) in [4.78, 5) is 0. The van der Waals surface area contributed by atoms with Gasteiger partial charge in [0.1, 0.15) is 8.24 Å². The summed E-state index contributed by atoms with van der Waals surface area (Å²) in [7, 11) is -2.15. The molecule has 0 heterocycles. The van der Waals surface area contributed by atoms with Crippen molar-refractivity contribution in [3.63, 3.8) is 0 Å². The lowest BCUT2D eigenvalue weighted by atomic mass is 10.5. The zero-order chi connectivity index (χ0) is 13.0. The number of halogens is 6. The fourth-order valence-electron chi connectivity index (χ4n) is 1.21. The number of hydrogen-bond acceptors (Lipinski definition) is 1. The van der Waals surface area contributed by atoms with Gasteiger partial charge in [-0.1, -0.05) is 6.55 Å². The first-order valence-electron chi connectivity index (χ1n) is 4.80. The molecule has 0 unspecified atom stereocenters. The maximum Gasteiger partial charge on any atom is 0.388 e. The second-order valence-electron chi connectivity index (χ2n) is 4.04. The van der Waals surface area contributed by atoms with Crippen molar-refractivity contribution in [3.8, 4) is 0 Å². The van der Waals surface area contributed by atoms with Crippen molar-refractivity contribution in [1.82, 2.24) is 4.65 Å². The van der Waals surface area contributed by atoms with Crippen LogP contribution < -0.4 is 4.65 Å². The minimum absolute atomic E-state index is 0.184. The highest BCUT2D eigenvalue weighted by molar-refractivity contribution is 6.79. The fraction of sp³-hybridized carbons (Fsp3) is 1.00. The number of rotatable bonds is 5. The summed E-state index contributed by atoms with van der Waals surface area (Å²) in [5, 5.41) is 0. The third-order valence-electron chi connectivity index (χ3n) is 2.52. The minimum atomic E-state index is -4.29. The van der Waals surface area contributed by atoms with Crippen molar-refractivity contribution >= 4 is 18.6 Å². The van der Waals surface area contributed by atoms with Crippen LogP contribution in [0.2, 0.25) is 18.6 Å². The Labute approximate surface area is 94.2 Å². The Morgan fingerprint density at radius 1 is 0.938 bits per heavy atom. The molecule has 0 radical (unpaired) electrons. The highest BCUT2D eigenvalue weighted by Gasteiger charge is 2.37. The molecule has 0 atom stereocenters. The molecule has 1 N–H and O–H groups in total. The molecule has 0 aromatic rings. The molecular weight excluding hydrogens is 268 g/mol. The van der Waals surface area contributed by atoms with Gasteiger partial charge in [0, 0.05) is 12.8 Å². The van der Waals surface area contributed by atoms with Crippen LogP contribution in [0.15, 0.2) is 0 Å². The second kappa shape index (κ2) is 5.54. The topological polar surface area (TPSA) is 12.0 Å². The highest BCUT2D eigenvalue weighted by Crippen LogP contribution is 2.30. The molecule has 0 fully saturated rings. The van der Waals surface area contributed by atoms with Crippen molar-refractivity contribution in [2.45, 2.75) is 43.8 Å². The number of hydrogen-bond donors (Lipinski definition) is 1. The van der Waals surface area contributed by atoms with Crippen molar-refractivity contribution in [1.29, 1.82) is 0 Å². The first-order valence-corrected chi connectivity index (χ1v) is 8.71. The summed E-state index contributed by atoms with van der Waals surface area (Å²) in [5.41, 5.74) is 0. The van der Waals surface area contributed by atoms with Crippen molar-refractivity contribution in [2.24, 2.45) is 0 Å². The molecule has 0 aromatic carbocycles. The summed E-state index contributed by atoms with van der Waals surface area (Å²) in [6.45, 7) is 1.54. The van der Waals surface area contributed by atoms with Gasteiger partial charge in [-0.15, -0.1) is 0 Å². The molecule has 0 saturated heterocycles. The van der Waals surface area contributed by atoms with Crippen LogP contribution >= 0.6 is 0 Å². The Hall–Kier alpha value is -0.0262. The highest BCUT2D eigenvalue weighted by atomic mass is 28.4. The predicted molar refractivity (Wildman–Crippen MR) is 55.7 cm³/mol. The van der Waals surface area contributed by atoms with Crippen LogP contribution in [0.25, 0.3) is 0 Å². The Morgan fingerprint density at radius 3 is 1.44 bits per heavy atom. The normalized spacial score (nSPS) is 14.4. The van der Waals surface area contributed by atoms with E-state index in [1.54, 1.807) is 0 Å². The van der Waals surface area contributed by atoms with Gasteiger partial charge in [-0.2, -0.15) is 26.3 Å². The molecule has 1 nitrogen and oxygen atoms in total. The van der Waals surface area contributed by atoms with Gasteiger partial charge in [0.05, 0.1) is 10.4 Å². The summed E-state index contributed by atoms with van der Waals surface area (Å²) in [6, 6.07) is -0.369. The van der Waals surface area contributed by atoms with Gasteiger partial charge in [-0.05, 0) is 12.1 Å². The van der Waals surface area contributed by atoms with Crippen LogP contribution in [-0.2, 0) is 0 Å². The fourth-order valence-corrected chi connectivity index (χ4v) is 5.13. The van der Waals surface area contributed by atoms with Crippen LogP contribution in [0.3, 0.4) is 0 Å². The molecule has 98 valence electrons. The molecule has 0 saturated carbocycles. The van der Waals surface area contributed by atoms with Gasteiger partial charge in [-0.3, -0.25) is 0 Å². The summed E-state index contributed by atoms with van der Waals surface area (Å²) >= 11 is 0. The zero-order valence-electron chi connectivity index (χ0n) is 9.10. The molecule has 0 spiro atoms. The average Bonchev–Trinajstić information content (AvgIpc) is 2.09. The van der Waals surface area contributed by atoms with Gasteiger partial charge in [0.2, 0.25) is 0 Å². The molecule has 0 aliphatic heterocycles. The van der Waals surface area contributed by atoms with Crippen molar-refractivity contribution in [2.75, 3.05) is 0 Å². The lowest BCUT2D eigenvalue weighted by molar-refractivity contribution is -0.131. The minimum Gasteiger partial charge on any atom is -0.367 e. The van der Waals surface area contributed by atoms with Crippen LogP contribution in [0.1, 0.15) is 12.8 Å². The van der Waals surface area contributed by atoms with Crippen LogP contribution in [0.4, 0.5) is 26.3 Å². The van der Waals surface area contributed by atoms with E-state index in [-0.39, 0.29) is 12.1 Å². The molecule has 0 aliphatic rings. The molecule has 0 amide bonds. The Balaban J connectivity index is 4.21. The van der Waals surface area contributed by atoms with E-state index in [0.29, 0.717) is 10.4 Å². The predicted octanol–water partition coefficient (Wildman–Crippen LogP) is 2.34. The van der Waals surface area contributed by atoms with E-state index in [1.807, 2.05) is 0 Å².